The molecule has 14 nitrogen and oxygen atoms in total. The van der Waals surface area contributed by atoms with E-state index in [-0.39, 0.29) is 25.3 Å². The maximum absolute atomic E-state index is 14.9. The molecule has 7 rings (SSSR count). The number of anilines is 1. The number of likely N-dealkylation sites (tertiary alicyclic amines) is 1. The molecule has 4 aromatic rings. The molecule has 0 bridgehead atoms. The fourth-order valence-corrected chi connectivity index (χ4v) is 9.43. The first-order valence-electron chi connectivity index (χ1n) is 18.5. The number of carbonyl (C=O) groups excluding carboxylic acids is 3. The van der Waals surface area contributed by atoms with Crippen molar-refractivity contribution in [2.24, 2.45) is 11.3 Å². The zero-order valence-corrected chi connectivity index (χ0v) is 34.6. The molecular weight excluding hydrogens is 792 g/mol. The number of halogens is 1. The van der Waals surface area contributed by atoms with Crippen LogP contribution < -0.4 is 29.6 Å². The molecule has 3 N–H and O–H groups in total. The number of ether oxygens (including phenoxy) is 3. The lowest BCUT2D eigenvalue weighted by Crippen LogP contribution is -2.58. The lowest BCUT2D eigenvalue weighted by molar-refractivity contribution is -0.141. The van der Waals surface area contributed by atoms with E-state index in [2.05, 4.69) is 26.9 Å². The summed E-state index contributed by atoms with van der Waals surface area (Å²) in [7, 11) is -0.768. The number of pyridine rings is 1. The Morgan fingerprint density at radius 2 is 1.82 bits per heavy atom. The number of nitrogens with one attached hydrogen (secondary N) is 3. The summed E-state index contributed by atoms with van der Waals surface area (Å²) in [6, 6.07) is 10.8. The van der Waals surface area contributed by atoms with Gasteiger partial charge in [0.2, 0.25) is 27.7 Å². The smallest absolute Gasteiger partial charge is 0.259 e. The summed E-state index contributed by atoms with van der Waals surface area (Å²) in [6.45, 7) is 9.54. The van der Waals surface area contributed by atoms with Crippen LogP contribution in [0.2, 0.25) is 5.02 Å². The van der Waals surface area contributed by atoms with Crippen LogP contribution >= 0.6 is 22.9 Å². The Hall–Kier alpha value is -4.93. The second kappa shape index (κ2) is 15.4. The normalized spacial score (nSPS) is 22.4. The van der Waals surface area contributed by atoms with Crippen LogP contribution in [-0.4, -0.2) is 90.7 Å². The minimum absolute atomic E-state index is 0.00391. The van der Waals surface area contributed by atoms with Crippen molar-refractivity contribution in [3.8, 4) is 28.6 Å². The number of amides is 3. The zero-order valence-electron chi connectivity index (χ0n) is 32.2. The summed E-state index contributed by atoms with van der Waals surface area (Å²) in [6.07, 6.45) is 3.46. The van der Waals surface area contributed by atoms with Gasteiger partial charge in [0.25, 0.3) is 5.91 Å². The molecule has 3 fully saturated rings. The Morgan fingerprint density at radius 1 is 1.09 bits per heavy atom. The molecule has 302 valence electrons. The molecule has 2 saturated carbocycles. The Kier molecular flexibility index (Phi) is 10.9. The summed E-state index contributed by atoms with van der Waals surface area (Å²) in [4.78, 5) is 53.6. The fourth-order valence-electron chi connectivity index (χ4n) is 7.15. The standard InChI is InChI=1S/C40H45ClN6O8S2/c1-7-23-18-40(23,37(50)46-57(51,52)27-13-14-27)45-34(48)31-17-26(55-35-29-16-24(41)10-15-28(29)32(54-6)19-42-35)20-47(31)36(49)33(39(2,3)4)44-38-43-30(21-56-38)22-8-11-25(53-5)12-9-22/h7-12,15-16,19,21,23,26-27,31,33H,1,13-14,17-18,20H2,2-6H3,(H,43,44)(H,45,48)(H,46,50)/t23-,26-,31+,33-,40-/m1/s1. The van der Waals surface area contributed by atoms with Gasteiger partial charge in [0, 0.05) is 39.1 Å². The van der Waals surface area contributed by atoms with E-state index in [1.54, 1.807) is 25.3 Å². The van der Waals surface area contributed by atoms with Crippen LogP contribution in [0.3, 0.4) is 0 Å². The van der Waals surface area contributed by atoms with Gasteiger partial charge in [0.15, 0.2) is 5.13 Å². The molecule has 17 heteroatoms. The summed E-state index contributed by atoms with van der Waals surface area (Å²) in [5, 5.41) is 9.69. The molecule has 0 radical (unpaired) electrons. The molecule has 2 aliphatic carbocycles. The third kappa shape index (κ3) is 8.25. The van der Waals surface area contributed by atoms with E-state index in [1.165, 1.54) is 35.6 Å². The molecule has 3 amide bonds. The number of aromatic nitrogens is 2. The molecule has 2 aromatic heterocycles. The molecule has 0 spiro atoms. The van der Waals surface area contributed by atoms with Crippen molar-refractivity contribution < 1.29 is 37.0 Å². The zero-order chi connectivity index (χ0) is 40.9. The highest BCUT2D eigenvalue weighted by Crippen LogP contribution is 2.46. The number of rotatable bonds is 14. The third-order valence-corrected chi connectivity index (χ3v) is 13.5. The molecule has 5 atom stereocenters. The predicted octanol–water partition coefficient (Wildman–Crippen LogP) is 5.57. The average molecular weight is 837 g/mol. The number of nitrogens with zero attached hydrogens (tertiary/aromatic N) is 3. The number of fused-ring (bicyclic) bond motifs is 1. The van der Waals surface area contributed by atoms with Gasteiger partial charge in [0.1, 0.15) is 35.2 Å². The third-order valence-electron chi connectivity index (χ3n) is 10.6. The molecule has 1 saturated heterocycles. The average Bonchev–Trinajstić information content (AvgIpc) is 4.07. The van der Waals surface area contributed by atoms with Gasteiger partial charge in [-0.25, -0.2) is 18.4 Å². The quantitative estimate of drug-likeness (QED) is 0.135. The van der Waals surface area contributed by atoms with E-state index in [0.717, 1.165) is 5.56 Å². The van der Waals surface area contributed by atoms with Crippen molar-refractivity contribution in [1.82, 2.24) is 24.9 Å². The van der Waals surface area contributed by atoms with Crippen LogP contribution in [0.4, 0.5) is 5.13 Å². The van der Waals surface area contributed by atoms with E-state index in [4.69, 9.17) is 30.8 Å². The second-order valence-electron chi connectivity index (χ2n) is 15.7. The van der Waals surface area contributed by atoms with Gasteiger partial charge in [-0.15, -0.1) is 17.9 Å². The first kappa shape index (κ1) is 40.3. The van der Waals surface area contributed by atoms with Crippen LogP contribution in [0.1, 0.15) is 46.5 Å². The number of hydrogen-bond donors (Lipinski definition) is 3. The van der Waals surface area contributed by atoms with Crippen molar-refractivity contribution >= 4 is 66.6 Å². The van der Waals surface area contributed by atoms with Crippen LogP contribution in [0, 0.1) is 11.3 Å². The van der Waals surface area contributed by atoms with Crippen molar-refractivity contribution in [1.29, 1.82) is 0 Å². The number of carbonyl (C=O) groups is 3. The van der Waals surface area contributed by atoms with Crippen LogP contribution in [-0.2, 0) is 24.4 Å². The van der Waals surface area contributed by atoms with Crippen LogP contribution in [0.25, 0.3) is 22.0 Å². The molecule has 1 aliphatic heterocycles. The number of sulfonamides is 1. The summed E-state index contributed by atoms with van der Waals surface area (Å²) in [5.74, 6) is -0.892. The Bertz CT molecular complexity index is 2330. The maximum atomic E-state index is 14.9. The minimum atomic E-state index is -3.90. The first-order chi connectivity index (χ1) is 27.1. The van der Waals surface area contributed by atoms with Gasteiger partial charge in [0.05, 0.1) is 37.9 Å². The van der Waals surface area contributed by atoms with Crippen LogP contribution in [0.15, 0.2) is 66.7 Å². The lowest BCUT2D eigenvalue weighted by atomic mass is 9.85. The molecule has 2 aromatic carbocycles. The topological polar surface area (TPSA) is 178 Å². The van der Waals surface area contributed by atoms with Gasteiger partial charge >= 0.3 is 0 Å². The van der Waals surface area contributed by atoms with Gasteiger partial charge in [-0.2, -0.15) is 0 Å². The monoisotopic (exact) mass is 836 g/mol. The van der Waals surface area contributed by atoms with Crippen molar-refractivity contribution in [2.75, 3.05) is 26.1 Å². The van der Waals surface area contributed by atoms with Gasteiger partial charge in [-0.3, -0.25) is 19.1 Å². The van der Waals surface area contributed by atoms with Crippen molar-refractivity contribution in [3.63, 3.8) is 0 Å². The Balaban J connectivity index is 1.19. The van der Waals surface area contributed by atoms with Crippen LogP contribution in [0.5, 0.6) is 17.4 Å². The van der Waals surface area contributed by atoms with E-state index in [9.17, 15) is 22.8 Å². The minimum Gasteiger partial charge on any atom is -0.497 e. The van der Waals surface area contributed by atoms with E-state index < -0.39 is 68.1 Å². The number of hydrogen-bond acceptors (Lipinski definition) is 12. The molecule has 3 aliphatic rings. The lowest BCUT2D eigenvalue weighted by Gasteiger charge is -2.35. The SMILES string of the molecule is C=C[C@@H]1C[C@]1(NC(=O)[C@@H]1C[C@@H](Oc2ncc(OC)c3ccc(Cl)cc23)CN1C(=O)[C@@H](Nc1nc(-c2ccc(OC)cc2)cs1)C(C)(C)C)C(=O)NS(=O)(=O)C1CC1. The van der Waals surface area contributed by atoms with E-state index in [0.29, 0.717) is 51.0 Å². The summed E-state index contributed by atoms with van der Waals surface area (Å²) in [5.41, 5.74) is -0.628. The first-order valence-corrected chi connectivity index (χ1v) is 21.3. The fraction of sp³-hybridized carbons (Fsp3) is 0.425. The number of benzene rings is 2. The highest BCUT2D eigenvalue weighted by atomic mass is 35.5. The molecular formula is C40H45ClN6O8S2. The van der Waals surface area contributed by atoms with E-state index in [1.807, 2.05) is 50.4 Å². The Morgan fingerprint density at radius 3 is 2.46 bits per heavy atom. The molecule has 3 heterocycles. The Labute approximate surface area is 340 Å². The second-order valence-corrected chi connectivity index (χ2v) is 19.0. The maximum Gasteiger partial charge on any atom is 0.259 e. The van der Waals surface area contributed by atoms with E-state index >= 15 is 0 Å². The molecule has 0 unspecified atom stereocenters. The van der Waals surface area contributed by atoms with Crippen molar-refractivity contribution in [2.45, 2.75) is 75.4 Å². The highest BCUT2D eigenvalue weighted by Gasteiger charge is 2.62. The predicted molar refractivity (Wildman–Crippen MR) is 218 cm³/mol. The summed E-state index contributed by atoms with van der Waals surface area (Å²) >= 11 is 7.72. The highest BCUT2D eigenvalue weighted by molar-refractivity contribution is 7.91. The largest absolute Gasteiger partial charge is 0.497 e. The number of methoxy groups -OCH3 is 2. The molecule has 57 heavy (non-hydrogen) atoms. The van der Waals surface area contributed by atoms with Crippen molar-refractivity contribution in [3.05, 3.63) is 71.7 Å². The number of thiazole rings is 1. The van der Waals surface area contributed by atoms with Gasteiger partial charge in [-0.05, 0) is 67.1 Å². The summed E-state index contributed by atoms with van der Waals surface area (Å²) < 4.78 is 45.0. The van der Waals surface area contributed by atoms with Gasteiger partial charge in [-0.1, -0.05) is 38.4 Å². The van der Waals surface area contributed by atoms with Gasteiger partial charge < -0.3 is 29.7 Å².